The molecule has 1 aliphatic carbocycles. The number of benzene rings is 1. The number of aromatic nitrogens is 1. The van der Waals surface area contributed by atoms with Crippen LogP contribution < -0.4 is 16.4 Å². The van der Waals surface area contributed by atoms with E-state index in [4.69, 9.17) is 17.3 Å². The zero-order chi connectivity index (χ0) is 22.4. The summed E-state index contributed by atoms with van der Waals surface area (Å²) in [6, 6.07) is 10.8. The van der Waals surface area contributed by atoms with Crippen molar-refractivity contribution in [3.8, 4) is 0 Å². The molecule has 1 heterocycles. The normalized spacial score (nSPS) is 20.0. The zero-order valence-corrected chi connectivity index (χ0v) is 18.9. The Morgan fingerprint density at radius 2 is 1.71 bits per heavy atom. The molecule has 7 heteroatoms. The highest BCUT2D eigenvalue weighted by atomic mass is 35.5. The lowest BCUT2D eigenvalue weighted by Gasteiger charge is -2.32. The second-order valence-electron chi connectivity index (χ2n) is 8.84. The number of amides is 2. The SMILES string of the molecule is CC(C)(C(=O)NCC(N)[C@H]1CC[C@H](C(=O)Nc2ccncc2)CC1)c1ccc(Cl)cc1. The summed E-state index contributed by atoms with van der Waals surface area (Å²) in [4.78, 5) is 29.3. The number of nitrogens with zero attached hydrogens (tertiary/aromatic N) is 1. The Hall–Kier alpha value is -2.44. The summed E-state index contributed by atoms with van der Waals surface area (Å²) in [5.41, 5.74) is 7.40. The van der Waals surface area contributed by atoms with Crippen molar-refractivity contribution in [1.29, 1.82) is 0 Å². The van der Waals surface area contributed by atoms with Gasteiger partial charge < -0.3 is 16.4 Å². The first kappa shape index (κ1) is 23.2. The molecule has 1 aliphatic rings. The molecule has 0 aliphatic heterocycles. The van der Waals surface area contributed by atoms with Crippen LogP contribution in [0, 0.1) is 11.8 Å². The minimum Gasteiger partial charge on any atom is -0.354 e. The molecule has 166 valence electrons. The molecule has 0 saturated heterocycles. The Bertz CT molecular complexity index is 878. The maximum atomic E-state index is 12.8. The standard InChI is InChI=1S/C24H31ClN4O2/c1-24(2,18-7-9-19(25)10-8-18)23(31)28-15-21(26)16-3-5-17(6-4-16)22(30)29-20-11-13-27-14-12-20/h7-14,16-17,21H,3-6,15,26H2,1-2H3,(H,28,31)(H,27,29,30)/t16-,17-,21?. The Kier molecular flexibility index (Phi) is 7.68. The van der Waals surface area contributed by atoms with Crippen LogP contribution in [0.4, 0.5) is 5.69 Å². The molecule has 0 radical (unpaired) electrons. The first-order chi connectivity index (χ1) is 14.8. The molecule has 2 amide bonds. The maximum Gasteiger partial charge on any atom is 0.230 e. The quantitative estimate of drug-likeness (QED) is 0.605. The third-order valence-electron chi connectivity index (χ3n) is 6.33. The van der Waals surface area contributed by atoms with Gasteiger partial charge in [-0.05, 0) is 75.3 Å². The van der Waals surface area contributed by atoms with E-state index < -0.39 is 5.41 Å². The fourth-order valence-corrected chi connectivity index (χ4v) is 4.21. The number of anilines is 1. The Morgan fingerprint density at radius 3 is 2.32 bits per heavy atom. The van der Waals surface area contributed by atoms with Gasteiger partial charge in [0.2, 0.25) is 11.8 Å². The highest BCUT2D eigenvalue weighted by Gasteiger charge is 2.32. The van der Waals surface area contributed by atoms with Crippen molar-refractivity contribution >= 4 is 29.1 Å². The van der Waals surface area contributed by atoms with Gasteiger partial charge in [0.1, 0.15) is 0 Å². The predicted octanol–water partition coefficient (Wildman–Crippen LogP) is 3.90. The first-order valence-electron chi connectivity index (χ1n) is 10.8. The van der Waals surface area contributed by atoms with Crippen molar-refractivity contribution in [2.24, 2.45) is 17.6 Å². The summed E-state index contributed by atoms with van der Waals surface area (Å²) < 4.78 is 0. The smallest absolute Gasteiger partial charge is 0.230 e. The largest absolute Gasteiger partial charge is 0.354 e. The van der Waals surface area contributed by atoms with E-state index in [9.17, 15) is 9.59 Å². The average molecular weight is 443 g/mol. The fraction of sp³-hybridized carbons (Fsp3) is 0.458. The van der Waals surface area contributed by atoms with Crippen molar-refractivity contribution in [3.63, 3.8) is 0 Å². The van der Waals surface area contributed by atoms with Gasteiger partial charge in [0.15, 0.2) is 0 Å². The third-order valence-corrected chi connectivity index (χ3v) is 6.58. The molecule has 4 N–H and O–H groups in total. The lowest BCUT2D eigenvalue weighted by Crippen LogP contribution is -2.48. The van der Waals surface area contributed by atoms with Crippen LogP contribution in [0.1, 0.15) is 45.1 Å². The van der Waals surface area contributed by atoms with Gasteiger partial charge in [0, 0.05) is 41.6 Å². The van der Waals surface area contributed by atoms with Gasteiger partial charge in [0.05, 0.1) is 5.41 Å². The maximum absolute atomic E-state index is 12.8. The molecular weight excluding hydrogens is 412 g/mol. The molecule has 0 spiro atoms. The Morgan fingerprint density at radius 1 is 1.10 bits per heavy atom. The zero-order valence-electron chi connectivity index (χ0n) is 18.1. The summed E-state index contributed by atoms with van der Waals surface area (Å²) in [6.07, 6.45) is 6.69. The van der Waals surface area contributed by atoms with Gasteiger partial charge >= 0.3 is 0 Å². The highest BCUT2D eigenvalue weighted by molar-refractivity contribution is 6.30. The number of carbonyl (C=O) groups is 2. The molecule has 0 bridgehead atoms. The fourth-order valence-electron chi connectivity index (χ4n) is 4.08. The summed E-state index contributed by atoms with van der Waals surface area (Å²) in [6.45, 7) is 4.21. The second-order valence-corrected chi connectivity index (χ2v) is 9.28. The number of rotatable bonds is 7. The lowest BCUT2D eigenvalue weighted by molar-refractivity contribution is -0.125. The molecule has 1 saturated carbocycles. The number of nitrogens with one attached hydrogen (secondary N) is 2. The first-order valence-corrected chi connectivity index (χ1v) is 11.2. The van der Waals surface area contributed by atoms with E-state index in [0.717, 1.165) is 36.9 Å². The molecule has 2 aromatic rings. The van der Waals surface area contributed by atoms with Gasteiger partial charge in [-0.3, -0.25) is 14.6 Å². The number of pyridine rings is 1. The van der Waals surface area contributed by atoms with Gasteiger partial charge in [-0.2, -0.15) is 0 Å². The van der Waals surface area contributed by atoms with Crippen LogP contribution in [-0.2, 0) is 15.0 Å². The van der Waals surface area contributed by atoms with Crippen LogP contribution in [0.2, 0.25) is 5.02 Å². The summed E-state index contributed by atoms with van der Waals surface area (Å²) in [7, 11) is 0. The van der Waals surface area contributed by atoms with Crippen LogP contribution in [0.25, 0.3) is 0 Å². The van der Waals surface area contributed by atoms with E-state index in [2.05, 4.69) is 15.6 Å². The van der Waals surface area contributed by atoms with Crippen molar-refractivity contribution in [2.75, 3.05) is 11.9 Å². The summed E-state index contributed by atoms with van der Waals surface area (Å²) in [5, 5.41) is 6.62. The van der Waals surface area contributed by atoms with Gasteiger partial charge in [-0.15, -0.1) is 0 Å². The minimum absolute atomic E-state index is 0.00459. The number of hydrogen-bond acceptors (Lipinski definition) is 4. The van der Waals surface area contributed by atoms with E-state index in [1.807, 2.05) is 26.0 Å². The molecule has 1 unspecified atom stereocenters. The van der Waals surface area contributed by atoms with Gasteiger partial charge in [-0.25, -0.2) is 0 Å². The number of halogens is 1. The van der Waals surface area contributed by atoms with E-state index in [-0.39, 0.29) is 23.8 Å². The second kappa shape index (κ2) is 10.2. The molecular formula is C24H31ClN4O2. The predicted molar refractivity (Wildman–Crippen MR) is 124 cm³/mol. The average Bonchev–Trinajstić information content (AvgIpc) is 2.78. The monoisotopic (exact) mass is 442 g/mol. The van der Waals surface area contributed by atoms with Crippen LogP contribution in [-0.4, -0.2) is 29.4 Å². The van der Waals surface area contributed by atoms with Crippen molar-refractivity contribution in [2.45, 2.75) is 51.0 Å². The minimum atomic E-state index is -0.674. The van der Waals surface area contributed by atoms with Crippen molar-refractivity contribution in [1.82, 2.24) is 10.3 Å². The van der Waals surface area contributed by atoms with Crippen LogP contribution in [0.15, 0.2) is 48.8 Å². The van der Waals surface area contributed by atoms with Gasteiger partial charge in [0.25, 0.3) is 0 Å². The van der Waals surface area contributed by atoms with Crippen LogP contribution >= 0.6 is 11.6 Å². The van der Waals surface area contributed by atoms with E-state index >= 15 is 0 Å². The van der Waals surface area contributed by atoms with E-state index in [1.54, 1.807) is 36.7 Å². The number of hydrogen-bond donors (Lipinski definition) is 3. The Labute approximate surface area is 189 Å². The molecule has 31 heavy (non-hydrogen) atoms. The topological polar surface area (TPSA) is 97.1 Å². The molecule has 1 fully saturated rings. The third kappa shape index (κ3) is 6.05. The molecule has 6 nitrogen and oxygen atoms in total. The van der Waals surface area contributed by atoms with E-state index in [1.165, 1.54) is 0 Å². The Balaban J connectivity index is 1.45. The number of carbonyl (C=O) groups excluding carboxylic acids is 2. The molecule has 1 aromatic carbocycles. The summed E-state index contributed by atoms with van der Waals surface area (Å²) in [5.74, 6) is 0.283. The molecule has 1 aromatic heterocycles. The summed E-state index contributed by atoms with van der Waals surface area (Å²) >= 11 is 5.96. The van der Waals surface area contributed by atoms with E-state index in [0.29, 0.717) is 17.5 Å². The highest BCUT2D eigenvalue weighted by Crippen LogP contribution is 2.31. The lowest BCUT2D eigenvalue weighted by atomic mass is 9.78. The van der Waals surface area contributed by atoms with Crippen LogP contribution in [0.3, 0.4) is 0 Å². The molecule has 3 rings (SSSR count). The molecule has 1 atom stereocenters. The van der Waals surface area contributed by atoms with Gasteiger partial charge in [-0.1, -0.05) is 23.7 Å². The van der Waals surface area contributed by atoms with Crippen LogP contribution in [0.5, 0.6) is 0 Å². The van der Waals surface area contributed by atoms with Crippen molar-refractivity contribution < 1.29 is 9.59 Å². The number of nitrogens with two attached hydrogens (primary N) is 1. The van der Waals surface area contributed by atoms with Crippen molar-refractivity contribution in [3.05, 3.63) is 59.4 Å².